The van der Waals surface area contributed by atoms with E-state index in [9.17, 15) is 5.11 Å². The Hall–Kier alpha value is -0.450. The van der Waals surface area contributed by atoms with Gasteiger partial charge in [-0.3, -0.25) is 0 Å². The van der Waals surface area contributed by atoms with Crippen molar-refractivity contribution in [2.24, 2.45) is 0 Å². The van der Waals surface area contributed by atoms with Crippen molar-refractivity contribution >= 4 is 11.3 Å². The topological polar surface area (TPSA) is 42.4 Å². The van der Waals surface area contributed by atoms with E-state index >= 15 is 0 Å². The third kappa shape index (κ3) is 3.03. The summed E-state index contributed by atoms with van der Waals surface area (Å²) in [5.74, 6) is 0. The Balaban J connectivity index is 1.95. The van der Waals surface area contributed by atoms with Gasteiger partial charge >= 0.3 is 0 Å². The summed E-state index contributed by atoms with van der Waals surface area (Å²) in [5, 5.41) is 13.5. The van der Waals surface area contributed by atoms with Crippen LogP contribution in [0.15, 0.2) is 11.6 Å². The van der Waals surface area contributed by atoms with Gasteiger partial charge in [0.25, 0.3) is 0 Å². The molecule has 1 aliphatic heterocycles. The Morgan fingerprint density at radius 3 is 3.25 bits per heavy atom. The third-order valence-corrected chi connectivity index (χ3v) is 3.88. The van der Waals surface area contributed by atoms with Gasteiger partial charge in [-0.2, -0.15) is 0 Å². The summed E-state index contributed by atoms with van der Waals surface area (Å²) >= 11 is 1.62. The highest BCUT2D eigenvalue weighted by Gasteiger charge is 2.35. The molecule has 1 N–H and O–H groups in total. The monoisotopic (exact) mass is 241 g/mol. The maximum Gasteiger partial charge on any atom is 0.0953 e. The molecular formula is C12H19NO2S. The Morgan fingerprint density at radius 2 is 2.56 bits per heavy atom. The molecule has 90 valence electrons. The number of aliphatic hydroxyl groups is 1. The minimum absolute atomic E-state index is 0.226. The largest absolute Gasteiger partial charge is 0.389 e. The number of ether oxygens (including phenoxy) is 1. The maximum atomic E-state index is 10.5. The first kappa shape index (κ1) is 12.0. The van der Waals surface area contributed by atoms with E-state index in [0.29, 0.717) is 13.0 Å². The molecule has 1 aliphatic rings. The van der Waals surface area contributed by atoms with E-state index in [1.807, 2.05) is 5.38 Å². The fourth-order valence-electron chi connectivity index (χ4n) is 2.29. The second kappa shape index (κ2) is 5.25. The molecule has 2 heterocycles. The second-order valence-electron chi connectivity index (χ2n) is 4.56. The van der Waals surface area contributed by atoms with E-state index in [-0.39, 0.29) is 6.10 Å². The van der Waals surface area contributed by atoms with Gasteiger partial charge in [0.05, 0.1) is 16.7 Å². The molecule has 2 atom stereocenters. The molecule has 3 nitrogen and oxygen atoms in total. The summed E-state index contributed by atoms with van der Waals surface area (Å²) in [4.78, 5) is 4.24. The molecule has 0 radical (unpaired) electrons. The summed E-state index contributed by atoms with van der Waals surface area (Å²) < 4.78 is 5.66. The highest BCUT2D eigenvalue weighted by molar-refractivity contribution is 7.09. The summed E-state index contributed by atoms with van der Waals surface area (Å²) in [5.41, 5.74) is -0.601. The van der Waals surface area contributed by atoms with Crippen molar-refractivity contribution in [2.45, 2.75) is 50.7 Å². The SMILES string of the molecule is CCCC1CC(O)(Cc2nccs2)CCO1. The lowest BCUT2D eigenvalue weighted by atomic mass is 9.86. The second-order valence-corrected chi connectivity index (χ2v) is 5.54. The van der Waals surface area contributed by atoms with Gasteiger partial charge in [-0.1, -0.05) is 13.3 Å². The molecule has 2 rings (SSSR count). The van der Waals surface area contributed by atoms with Crippen LogP contribution < -0.4 is 0 Å². The standard InChI is InChI=1S/C12H19NO2S/c1-2-3-10-8-12(14,4-6-15-10)9-11-13-5-7-16-11/h5,7,10,14H,2-4,6,8-9H2,1H3. The van der Waals surface area contributed by atoms with E-state index < -0.39 is 5.60 Å². The van der Waals surface area contributed by atoms with Crippen molar-refractivity contribution < 1.29 is 9.84 Å². The molecule has 1 aromatic heterocycles. The van der Waals surface area contributed by atoms with Gasteiger partial charge in [0.2, 0.25) is 0 Å². The predicted octanol–water partition coefficient (Wildman–Crippen LogP) is 2.40. The first-order valence-electron chi connectivity index (χ1n) is 5.94. The number of hydrogen-bond donors (Lipinski definition) is 1. The Labute approximate surface area is 100 Å². The fraction of sp³-hybridized carbons (Fsp3) is 0.750. The summed E-state index contributed by atoms with van der Waals surface area (Å²) in [6, 6.07) is 0. The van der Waals surface area contributed by atoms with Crippen LogP contribution in [0.2, 0.25) is 0 Å². The highest BCUT2D eigenvalue weighted by Crippen LogP contribution is 2.30. The zero-order chi connectivity index (χ0) is 11.4. The van der Waals surface area contributed by atoms with Crippen LogP contribution in [-0.2, 0) is 11.2 Å². The van der Waals surface area contributed by atoms with Crippen LogP contribution in [-0.4, -0.2) is 28.4 Å². The number of hydrogen-bond acceptors (Lipinski definition) is 4. The predicted molar refractivity (Wildman–Crippen MR) is 64.6 cm³/mol. The first-order chi connectivity index (χ1) is 7.72. The van der Waals surface area contributed by atoms with Crippen molar-refractivity contribution in [3.8, 4) is 0 Å². The molecule has 2 unspecified atom stereocenters. The molecule has 0 aromatic carbocycles. The van der Waals surface area contributed by atoms with E-state index in [2.05, 4.69) is 11.9 Å². The lowest BCUT2D eigenvalue weighted by molar-refractivity contribution is -0.104. The molecule has 0 bridgehead atoms. The van der Waals surface area contributed by atoms with Crippen LogP contribution in [0.3, 0.4) is 0 Å². The van der Waals surface area contributed by atoms with Crippen LogP contribution in [0, 0.1) is 0 Å². The van der Waals surface area contributed by atoms with Crippen LogP contribution >= 0.6 is 11.3 Å². The molecular weight excluding hydrogens is 222 g/mol. The molecule has 0 saturated carbocycles. The number of rotatable bonds is 4. The molecule has 16 heavy (non-hydrogen) atoms. The van der Waals surface area contributed by atoms with E-state index in [1.54, 1.807) is 17.5 Å². The molecule has 1 saturated heterocycles. The summed E-state index contributed by atoms with van der Waals surface area (Å²) in [6.07, 6.45) is 6.33. The van der Waals surface area contributed by atoms with Gasteiger partial charge in [-0.15, -0.1) is 11.3 Å². The molecule has 4 heteroatoms. The smallest absolute Gasteiger partial charge is 0.0953 e. The van der Waals surface area contributed by atoms with Gasteiger partial charge in [0.15, 0.2) is 0 Å². The van der Waals surface area contributed by atoms with Gasteiger partial charge in [0.1, 0.15) is 0 Å². The quantitative estimate of drug-likeness (QED) is 0.880. The fourth-order valence-corrected chi connectivity index (χ4v) is 3.04. The van der Waals surface area contributed by atoms with Crippen molar-refractivity contribution in [2.75, 3.05) is 6.61 Å². The van der Waals surface area contributed by atoms with Gasteiger partial charge < -0.3 is 9.84 Å². The molecule has 1 fully saturated rings. The average molecular weight is 241 g/mol. The average Bonchev–Trinajstić information content (AvgIpc) is 2.70. The number of aromatic nitrogens is 1. The summed E-state index contributed by atoms with van der Waals surface area (Å²) in [7, 11) is 0. The van der Waals surface area contributed by atoms with Gasteiger partial charge in [-0.25, -0.2) is 4.98 Å². The van der Waals surface area contributed by atoms with E-state index in [0.717, 1.165) is 30.7 Å². The lowest BCUT2D eigenvalue weighted by Crippen LogP contribution is -2.42. The molecule has 0 aliphatic carbocycles. The molecule has 0 spiro atoms. The Kier molecular flexibility index (Phi) is 3.95. The number of nitrogens with zero attached hydrogens (tertiary/aromatic N) is 1. The third-order valence-electron chi connectivity index (χ3n) is 3.10. The van der Waals surface area contributed by atoms with E-state index in [1.165, 1.54) is 0 Å². The van der Waals surface area contributed by atoms with Crippen LogP contribution in [0.5, 0.6) is 0 Å². The number of thiazole rings is 1. The molecule has 0 amide bonds. The summed E-state index contributed by atoms with van der Waals surface area (Å²) in [6.45, 7) is 2.82. The van der Waals surface area contributed by atoms with Crippen LogP contribution in [0.4, 0.5) is 0 Å². The normalized spacial score (nSPS) is 30.5. The zero-order valence-electron chi connectivity index (χ0n) is 9.69. The van der Waals surface area contributed by atoms with Gasteiger partial charge in [0, 0.05) is 37.4 Å². The van der Waals surface area contributed by atoms with Crippen molar-refractivity contribution in [3.05, 3.63) is 16.6 Å². The Bertz CT molecular complexity index is 313. The highest BCUT2D eigenvalue weighted by atomic mass is 32.1. The zero-order valence-corrected chi connectivity index (χ0v) is 10.5. The van der Waals surface area contributed by atoms with Crippen molar-refractivity contribution in [1.82, 2.24) is 4.98 Å². The maximum absolute atomic E-state index is 10.5. The lowest BCUT2D eigenvalue weighted by Gasteiger charge is -2.36. The van der Waals surface area contributed by atoms with Crippen LogP contribution in [0.25, 0.3) is 0 Å². The van der Waals surface area contributed by atoms with E-state index in [4.69, 9.17) is 4.74 Å². The minimum Gasteiger partial charge on any atom is -0.389 e. The minimum atomic E-state index is -0.601. The van der Waals surface area contributed by atoms with Crippen LogP contribution in [0.1, 0.15) is 37.6 Å². The Morgan fingerprint density at radius 1 is 1.69 bits per heavy atom. The molecule has 1 aromatic rings. The first-order valence-corrected chi connectivity index (χ1v) is 6.82. The van der Waals surface area contributed by atoms with Gasteiger partial charge in [-0.05, 0) is 6.42 Å². The van der Waals surface area contributed by atoms with Crippen molar-refractivity contribution in [1.29, 1.82) is 0 Å². The van der Waals surface area contributed by atoms with Crippen molar-refractivity contribution in [3.63, 3.8) is 0 Å².